The molecule has 0 spiro atoms. The minimum atomic E-state index is -0.401. The molecular weight excluding hydrogens is 558 g/mol. The van der Waals surface area contributed by atoms with E-state index in [9.17, 15) is 4.79 Å². The fourth-order valence-corrected chi connectivity index (χ4v) is 3.86. The molecule has 10 nitrogen and oxygen atoms in total. The average molecular weight is 597 g/mol. The van der Waals surface area contributed by atoms with Crippen LogP contribution in [0.1, 0.15) is 48.7 Å². The van der Waals surface area contributed by atoms with Crippen molar-refractivity contribution in [3.8, 4) is 0 Å². The van der Waals surface area contributed by atoms with E-state index in [1.54, 1.807) is 6.20 Å². The van der Waals surface area contributed by atoms with Crippen molar-refractivity contribution in [2.75, 3.05) is 64.4 Å². The number of hydrogen-bond acceptors (Lipinski definition) is 9. The van der Waals surface area contributed by atoms with Crippen LogP contribution in [0, 0.1) is 0 Å². The van der Waals surface area contributed by atoms with Gasteiger partial charge in [-0.15, -0.1) is 12.4 Å². The van der Waals surface area contributed by atoms with Gasteiger partial charge in [-0.2, -0.15) is 0 Å². The van der Waals surface area contributed by atoms with Crippen LogP contribution in [-0.2, 0) is 6.42 Å². The molecule has 1 aliphatic heterocycles. The monoisotopic (exact) mass is 595 g/mol. The summed E-state index contributed by atoms with van der Waals surface area (Å²) in [6.45, 7) is 8.20. The third-order valence-corrected chi connectivity index (χ3v) is 5.73. The molecule has 1 fully saturated rings. The van der Waals surface area contributed by atoms with Crippen molar-refractivity contribution >= 4 is 51.8 Å². The van der Waals surface area contributed by atoms with Crippen molar-refractivity contribution in [3.63, 3.8) is 0 Å². The van der Waals surface area contributed by atoms with E-state index >= 15 is 0 Å². The standard InChI is InChI=1S/C17H21BrN6O.C8H17N3.ClH/c18-14-11-21-16(19)15(23-14)17(25)22-13-8-12(9-20-10-13)4-3-7-24-5-1-2-6-24;1-4-9-8-10-6-5-7-11(2)3;/h8-11H,1-7H2,(H2,19,21)(H,22,25);4-7H2,1-3H3;1H. The first-order chi connectivity index (χ1) is 17.4. The number of nitrogens with one attached hydrogen (secondary N) is 1. The molecule has 0 saturated carbocycles. The van der Waals surface area contributed by atoms with Gasteiger partial charge in [-0.3, -0.25) is 9.78 Å². The molecule has 0 bridgehead atoms. The number of hydrogen-bond donors (Lipinski definition) is 2. The molecule has 204 valence electrons. The number of nitrogens with zero attached hydrogens (tertiary/aromatic N) is 7. The Morgan fingerprint density at radius 2 is 1.97 bits per heavy atom. The molecule has 3 N–H and O–H groups in total. The first-order valence-corrected chi connectivity index (χ1v) is 13.2. The molecule has 0 aliphatic carbocycles. The molecule has 2 aromatic heterocycles. The number of pyridine rings is 1. The van der Waals surface area contributed by atoms with E-state index < -0.39 is 5.91 Å². The molecule has 2 aromatic rings. The quantitative estimate of drug-likeness (QED) is 0.296. The van der Waals surface area contributed by atoms with Crippen molar-refractivity contribution in [1.29, 1.82) is 0 Å². The van der Waals surface area contributed by atoms with Gasteiger partial charge >= 0.3 is 0 Å². The third kappa shape index (κ3) is 13.6. The van der Waals surface area contributed by atoms with E-state index in [2.05, 4.69) is 76.1 Å². The SMILES string of the molecule is CCN=C=NCCCN(C)C.Cl.Nc1ncc(Br)nc1C(=O)Nc1cncc(CCCN2CCCC2)c1. The molecular formula is C25H39BrClN9O. The second-order valence-corrected chi connectivity index (χ2v) is 9.54. The number of amides is 1. The summed E-state index contributed by atoms with van der Waals surface area (Å²) in [5, 5.41) is 2.78. The van der Waals surface area contributed by atoms with Gasteiger partial charge in [-0.25, -0.2) is 20.0 Å². The number of aromatic nitrogens is 3. The second kappa shape index (κ2) is 18.8. The zero-order chi connectivity index (χ0) is 26.2. The van der Waals surface area contributed by atoms with E-state index in [1.165, 1.54) is 32.1 Å². The lowest BCUT2D eigenvalue weighted by Crippen LogP contribution is -2.20. The molecule has 3 heterocycles. The Balaban J connectivity index is 0.000000487. The molecule has 1 saturated heterocycles. The van der Waals surface area contributed by atoms with Crippen LogP contribution in [-0.4, -0.2) is 90.0 Å². The Kier molecular flexibility index (Phi) is 16.5. The lowest BCUT2D eigenvalue weighted by molar-refractivity contribution is 0.102. The number of nitrogen functional groups attached to an aromatic ring is 1. The van der Waals surface area contributed by atoms with Gasteiger partial charge < -0.3 is 20.9 Å². The molecule has 0 unspecified atom stereocenters. The third-order valence-electron chi connectivity index (χ3n) is 5.35. The molecule has 12 heteroatoms. The number of likely N-dealkylation sites (tertiary alicyclic amines) is 1. The van der Waals surface area contributed by atoms with Crippen molar-refractivity contribution in [1.82, 2.24) is 24.8 Å². The predicted molar refractivity (Wildman–Crippen MR) is 156 cm³/mol. The molecule has 1 aliphatic rings. The molecule has 0 atom stereocenters. The fourth-order valence-electron chi connectivity index (χ4n) is 3.58. The van der Waals surface area contributed by atoms with Gasteiger partial charge in [0, 0.05) is 12.7 Å². The largest absolute Gasteiger partial charge is 0.382 e. The van der Waals surface area contributed by atoms with Crippen LogP contribution in [0.2, 0.25) is 0 Å². The topological polar surface area (TPSA) is 125 Å². The number of nitrogens with two attached hydrogens (primary N) is 1. The Hall–Kier alpha value is -2.43. The summed E-state index contributed by atoms with van der Waals surface area (Å²) >= 11 is 3.19. The van der Waals surface area contributed by atoms with E-state index in [4.69, 9.17) is 5.73 Å². The number of aliphatic imine (C=N–C) groups is 2. The minimum absolute atomic E-state index is 0. The van der Waals surface area contributed by atoms with Crippen molar-refractivity contribution in [2.45, 2.75) is 39.0 Å². The van der Waals surface area contributed by atoms with Crippen LogP contribution in [0.5, 0.6) is 0 Å². The fraction of sp³-hybridized carbons (Fsp3) is 0.560. The molecule has 1 amide bonds. The van der Waals surface area contributed by atoms with Crippen LogP contribution in [0.3, 0.4) is 0 Å². The van der Waals surface area contributed by atoms with E-state index in [-0.39, 0.29) is 23.9 Å². The number of halogens is 2. The summed E-state index contributed by atoms with van der Waals surface area (Å²) in [5.74, 6) is -0.308. The maximum atomic E-state index is 12.3. The Bertz CT molecular complexity index is 1010. The first kappa shape index (κ1) is 32.6. The predicted octanol–water partition coefficient (Wildman–Crippen LogP) is 4.05. The number of anilines is 2. The van der Waals surface area contributed by atoms with Gasteiger partial charge in [0.25, 0.3) is 5.91 Å². The Morgan fingerprint density at radius 1 is 1.22 bits per heavy atom. The van der Waals surface area contributed by atoms with Gasteiger partial charge in [0.1, 0.15) is 4.60 Å². The molecule has 37 heavy (non-hydrogen) atoms. The van der Waals surface area contributed by atoms with Gasteiger partial charge in [0.2, 0.25) is 0 Å². The Labute approximate surface area is 234 Å². The summed E-state index contributed by atoms with van der Waals surface area (Å²) in [6.07, 6.45) is 10.6. The van der Waals surface area contributed by atoms with Crippen LogP contribution in [0.15, 0.2) is 39.2 Å². The molecule has 0 radical (unpaired) electrons. The van der Waals surface area contributed by atoms with Gasteiger partial charge in [0.05, 0.1) is 30.6 Å². The van der Waals surface area contributed by atoms with Crippen LogP contribution >= 0.6 is 28.3 Å². The lowest BCUT2D eigenvalue weighted by atomic mass is 10.1. The van der Waals surface area contributed by atoms with Crippen molar-refractivity contribution < 1.29 is 4.79 Å². The second-order valence-electron chi connectivity index (χ2n) is 8.73. The number of aryl methyl sites for hydroxylation is 1. The minimum Gasteiger partial charge on any atom is -0.382 e. The lowest BCUT2D eigenvalue weighted by Gasteiger charge is -2.14. The summed E-state index contributed by atoms with van der Waals surface area (Å²) in [5.41, 5.74) is 7.55. The normalized spacial score (nSPS) is 12.7. The van der Waals surface area contributed by atoms with Gasteiger partial charge in [-0.1, -0.05) is 0 Å². The zero-order valence-corrected chi connectivity index (χ0v) is 24.4. The number of carbonyl (C=O) groups excluding carboxylic acids is 1. The van der Waals surface area contributed by atoms with Crippen LogP contribution < -0.4 is 11.1 Å². The maximum Gasteiger partial charge on any atom is 0.278 e. The van der Waals surface area contributed by atoms with Crippen LogP contribution in [0.25, 0.3) is 0 Å². The van der Waals surface area contributed by atoms with Crippen molar-refractivity contribution in [2.24, 2.45) is 9.98 Å². The maximum absolute atomic E-state index is 12.3. The Morgan fingerprint density at radius 3 is 2.68 bits per heavy atom. The van der Waals surface area contributed by atoms with Crippen molar-refractivity contribution in [3.05, 3.63) is 40.5 Å². The van der Waals surface area contributed by atoms with E-state index in [1.807, 2.05) is 19.2 Å². The number of carbonyl (C=O) groups is 1. The molecule has 3 rings (SSSR count). The summed E-state index contributed by atoms with van der Waals surface area (Å²) in [6, 6.07) is 4.58. The summed E-state index contributed by atoms with van der Waals surface area (Å²) < 4.78 is 0.459. The highest BCUT2D eigenvalue weighted by Crippen LogP contribution is 2.16. The summed E-state index contributed by atoms with van der Waals surface area (Å²) in [4.78, 5) is 37.0. The summed E-state index contributed by atoms with van der Waals surface area (Å²) in [7, 11) is 4.12. The number of rotatable bonds is 11. The average Bonchev–Trinajstić information content (AvgIpc) is 3.37. The smallest absolute Gasteiger partial charge is 0.278 e. The highest BCUT2D eigenvalue weighted by Gasteiger charge is 2.14. The van der Waals surface area contributed by atoms with E-state index in [0.717, 1.165) is 51.0 Å². The van der Waals surface area contributed by atoms with Crippen LogP contribution in [0.4, 0.5) is 11.5 Å². The first-order valence-electron chi connectivity index (χ1n) is 12.4. The zero-order valence-electron chi connectivity index (χ0n) is 22.0. The highest BCUT2D eigenvalue weighted by molar-refractivity contribution is 9.10. The van der Waals surface area contributed by atoms with Gasteiger partial charge in [-0.05, 0) is 107 Å². The highest BCUT2D eigenvalue weighted by atomic mass is 79.9. The van der Waals surface area contributed by atoms with E-state index in [0.29, 0.717) is 10.3 Å². The van der Waals surface area contributed by atoms with Gasteiger partial charge in [0.15, 0.2) is 11.5 Å². The molecule has 0 aromatic carbocycles.